The van der Waals surface area contributed by atoms with Gasteiger partial charge >= 0.3 is 23.9 Å². The van der Waals surface area contributed by atoms with Gasteiger partial charge in [-0.05, 0) is 20.8 Å². The largest absolute Gasteiger partial charge is 0.456 e. The third-order valence-electron chi connectivity index (χ3n) is 5.19. The molecule has 0 saturated heterocycles. The summed E-state index contributed by atoms with van der Waals surface area (Å²) in [6, 6.07) is 0. The number of hydrogen-bond acceptors (Lipinski definition) is 12. The van der Waals surface area contributed by atoms with Crippen LogP contribution in [0.15, 0.2) is 36.5 Å². The predicted molar refractivity (Wildman–Crippen MR) is 123 cm³/mol. The summed E-state index contributed by atoms with van der Waals surface area (Å²) < 4.78 is 20.6. The molecule has 0 aromatic carbocycles. The molecule has 12 heteroatoms. The van der Waals surface area contributed by atoms with Gasteiger partial charge in [0.05, 0.1) is 5.92 Å². The molecule has 1 fully saturated rings. The van der Waals surface area contributed by atoms with Crippen LogP contribution in [-0.2, 0) is 38.1 Å². The molecule has 1 saturated carbocycles. The van der Waals surface area contributed by atoms with Crippen molar-refractivity contribution in [2.75, 3.05) is 0 Å². The van der Waals surface area contributed by atoms with Crippen molar-refractivity contribution in [3.8, 4) is 0 Å². The van der Waals surface area contributed by atoms with Crippen LogP contribution in [0, 0.1) is 5.92 Å². The minimum atomic E-state index is -2.17. The molecule has 6 atom stereocenters. The lowest BCUT2D eigenvalue weighted by molar-refractivity contribution is -0.245. The van der Waals surface area contributed by atoms with E-state index in [0.29, 0.717) is 0 Å². The summed E-state index contributed by atoms with van der Waals surface area (Å²) in [6.07, 6.45) is -16.6. The van der Waals surface area contributed by atoms with Crippen molar-refractivity contribution in [1.29, 1.82) is 0 Å². The van der Waals surface area contributed by atoms with Crippen LogP contribution in [0.2, 0.25) is 0 Å². The molecule has 1 aliphatic carbocycles. The first-order valence-corrected chi connectivity index (χ1v) is 11.0. The van der Waals surface area contributed by atoms with E-state index < -0.39 is 78.6 Å². The van der Waals surface area contributed by atoms with Crippen LogP contribution in [0.3, 0.4) is 0 Å². The Hall–Kier alpha value is -3.06. The number of carbonyl (C=O) groups is 4. The fourth-order valence-corrected chi connectivity index (χ4v) is 3.06. The minimum Gasteiger partial charge on any atom is -0.456 e. The van der Waals surface area contributed by atoms with E-state index in [4.69, 9.17) is 18.9 Å². The van der Waals surface area contributed by atoms with E-state index in [9.17, 15) is 39.6 Å². The quantitative estimate of drug-likeness (QED) is 0.185. The number of hydrogen-bond donors (Lipinski definition) is 4. The summed E-state index contributed by atoms with van der Waals surface area (Å²) in [5.74, 6) is -4.94. The Balaban J connectivity index is 3.69. The normalized spacial score (nSPS) is 30.3. The summed E-state index contributed by atoms with van der Waals surface area (Å²) in [7, 11) is 0. The summed E-state index contributed by atoms with van der Waals surface area (Å²) in [4.78, 5) is 49.1. The average molecular weight is 515 g/mol. The highest BCUT2D eigenvalue weighted by Gasteiger charge is 2.55. The fraction of sp³-hybridized carbons (Fsp3) is 0.583. The van der Waals surface area contributed by atoms with Gasteiger partial charge in [-0.25, -0.2) is 14.4 Å². The average Bonchev–Trinajstić information content (AvgIpc) is 2.79. The summed E-state index contributed by atoms with van der Waals surface area (Å²) in [5.41, 5.74) is -0.429. The molecule has 0 spiro atoms. The molecular weight excluding hydrogens is 480 g/mol. The Labute approximate surface area is 208 Å². The maximum absolute atomic E-state index is 12.3. The first-order chi connectivity index (χ1) is 16.5. The molecule has 0 radical (unpaired) electrons. The van der Waals surface area contributed by atoms with Crippen LogP contribution >= 0.6 is 0 Å². The Bertz CT molecular complexity index is 859. The summed E-state index contributed by atoms with van der Waals surface area (Å²) in [6.45, 7) is 16.9. The van der Waals surface area contributed by atoms with Gasteiger partial charge in [-0.1, -0.05) is 33.6 Å². The molecule has 0 aromatic rings. The standard InChI is InChI=1S/C24H34O12/c1-9(2)21(29)33-17-13(25)18(34-22(30)10(3)4)15(27)20(36-24(32)12(7)8)16(28)19(14(17)26)35-23(31)11(5)6/h12-20,25-28H,1,3,5H2,2,4,6-8H3. The van der Waals surface area contributed by atoms with Crippen LogP contribution in [0.4, 0.5) is 0 Å². The van der Waals surface area contributed by atoms with E-state index in [1.54, 1.807) is 0 Å². The molecule has 1 aliphatic rings. The third kappa shape index (κ3) is 7.47. The van der Waals surface area contributed by atoms with Gasteiger partial charge in [0.1, 0.15) is 24.4 Å². The first kappa shape index (κ1) is 31.0. The zero-order chi connectivity index (χ0) is 28.1. The highest BCUT2D eigenvalue weighted by atomic mass is 16.6. The molecule has 0 bridgehead atoms. The molecule has 202 valence electrons. The number of esters is 4. The molecule has 0 aromatic heterocycles. The molecule has 0 heterocycles. The van der Waals surface area contributed by atoms with E-state index >= 15 is 0 Å². The summed E-state index contributed by atoms with van der Waals surface area (Å²) in [5, 5.41) is 44.1. The van der Waals surface area contributed by atoms with Gasteiger partial charge in [0, 0.05) is 16.7 Å². The van der Waals surface area contributed by atoms with E-state index in [0.717, 1.165) is 0 Å². The minimum absolute atomic E-state index is 0.142. The maximum Gasteiger partial charge on any atom is 0.333 e. The first-order valence-electron chi connectivity index (χ1n) is 11.0. The Morgan fingerprint density at radius 3 is 0.972 bits per heavy atom. The van der Waals surface area contributed by atoms with Gasteiger partial charge < -0.3 is 39.4 Å². The van der Waals surface area contributed by atoms with E-state index in [1.807, 2.05) is 0 Å². The van der Waals surface area contributed by atoms with Crippen LogP contribution in [-0.4, -0.2) is 93.1 Å². The molecule has 4 N–H and O–H groups in total. The smallest absolute Gasteiger partial charge is 0.333 e. The monoisotopic (exact) mass is 514 g/mol. The molecule has 6 unspecified atom stereocenters. The van der Waals surface area contributed by atoms with Crippen molar-refractivity contribution >= 4 is 23.9 Å². The number of aliphatic hydroxyl groups excluding tert-OH is 4. The van der Waals surface area contributed by atoms with Crippen molar-refractivity contribution in [2.24, 2.45) is 5.92 Å². The third-order valence-corrected chi connectivity index (χ3v) is 5.19. The van der Waals surface area contributed by atoms with Gasteiger partial charge in [0.2, 0.25) is 0 Å². The Kier molecular flexibility index (Phi) is 11.0. The molecule has 12 nitrogen and oxygen atoms in total. The highest BCUT2D eigenvalue weighted by molar-refractivity contribution is 5.88. The van der Waals surface area contributed by atoms with E-state index in [1.165, 1.54) is 34.6 Å². The van der Waals surface area contributed by atoms with Gasteiger partial charge in [0.25, 0.3) is 0 Å². The van der Waals surface area contributed by atoms with Gasteiger partial charge in [-0.3, -0.25) is 4.79 Å². The topological polar surface area (TPSA) is 186 Å². The van der Waals surface area contributed by atoms with E-state index in [2.05, 4.69) is 19.7 Å². The molecule has 1 rings (SSSR count). The van der Waals surface area contributed by atoms with Crippen molar-refractivity contribution < 1.29 is 58.6 Å². The van der Waals surface area contributed by atoms with Crippen LogP contribution in [0.5, 0.6) is 0 Å². The lowest BCUT2D eigenvalue weighted by Gasteiger charge is -2.44. The zero-order valence-electron chi connectivity index (χ0n) is 20.9. The zero-order valence-corrected chi connectivity index (χ0v) is 20.9. The number of aliphatic hydroxyl groups is 4. The maximum atomic E-state index is 12.3. The Morgan fingerprint density at radius 2 is 0.778 bits per heavy atom. The second-order valence-electron chi connectivity index (χ2n) is 8.97. The molecular formula is C24H34O12. The molecule has 0 amide bonds. The van der Waals surface area contributed by atoms with Crippen LogP contribution < -0.4 is 0 Å². The molecule has 0 aliphatic heterocycles. The summed E-state index contributed by atoms with van der Waals surface area (Å²) >= 11 is 0. The number of carbonyl (C=O) groups excluding carboxylic acids is 4. The van der Waals surface area contributed by atoms with Crippen molar-refractivity contribution in [1.82, 2.24) is 0 Å². The van der Waals surface area contributed by atoms with Crippen LogP contribution in [0.1, 0.15) is 34.6 Å². The van der Waals surface area contributed by atoms with Gasteiger partial charge in [-0.2, -0.15) is 0 Å². The van der Waals surface area contributed by atoms with Crippen LogP contribution in [0.25, 0.3) is 0 Å². The Morgan fingerprint density at radius 1 is 0.556 bits per heavy atom. The highest BCUT2D eigenvalue weighted by Crippen LogP contribution is 2.30. The number of rotatable bonds is 8. The van der Waals surface area contributed by atoms with Gasteiger partial charge in [-0.15, -0.1) is 0 Å². The van der Waals surface area contributed by atoms with E-state index in [-0.39, 0.29) is 16.7 Å². The van der Waals surface area contributed by atoms with Crippen molar-refractivity contribution in [2.45, 2.75) is 83.5 Å². The fourth-order valence-electron chi connectivity index (χ4n) is 3.06. The second-order valence-corrected chi connectivity index (χ2v) is 8.97. The van der Waals surface area contributed by atoms with Crippen molar-refractivity contribution in [3.05, 3.63) is 36.5 Å². The lowest BCUT2D eigenvalue weighted by atomic mass is 9.84. The van der Waals surface area contributed by atoms with Gasteiger partial charge in [0.15, 0.2) is 24.4 Å². The van der Waals surface area contributed by atoms with Crippen molar-refractivity contribution in [3.63, 3.8) is 0 Å². The lowest BCUT2D eigenvalue weighted by Crippen LogP contribution is -2.66. The number of ether oxygens (including phenoxy) is 4. The molecule has 36 heavy (non-hydrogen) atoms. The SMILES string of the molecule is C=C(C)C(=O)OC1C(O)C(OC(=O)C(=C)C)C(O)C(OC(=O)C(C)C)C(O)C(OC(=O)C(=C)C)C1O. The second kappa shape index (κ2) is 12.8. The predicted octanol–water partition coefficient (Wildman–Crippen LogP) is -0.525.